The second kappa shape index (κ2) is 4.45. The Hall–Kier alpha value is -2.42. The highest BCUT2D eigenvalue weighted by atomic mass is 19.1. The zero-order valence-corrected chi connectivity index (χ0v) is 9.83. The third-order valence-electron chi connectivity index (χ3n) is 2.52. The topological polar surface area (TPSA) is 53.6 Å². The van der Waals surface area contributed by atoms with Gasteiger partial charge in [-0.2, -0.15) is 10.4 Å². The summed E-state index contributed by atoms with van der Waals surface area (Å²) in [5, 5.41) is 15.7. The highest BCUT2D eigenvalue weighted by Crippen LogP contribution is 2.24. The molecule has 0 fully saturated rings. The minimum absolute atomic E-state index is 0.0329. The molecule has 2 rings (SSSR count). The summed E-state index contributed by atoms with van der Waals surface area (Å²) in [5.41, 5.74) is 0.801. The summed E-state index contributed by atoms with van der Waals surface area (Å²) in [4.78, 5) is 0. The summed E-state index contributed by atoms with van der Waals surface area (Å²) in [5.74, 6) is -0.824. The Labute approximate surface area is 102 Å². The number of hydrogen-bond donors (Lipinski definition) is 1. The second-order valence-electron chi connectivity index (χ2n) is 3.79. The monoisotopic (exact) mass is 248 g/mol. The van der Waals surface area contributed by atoms with E-state index in [2.05, 4.69) is 10.4 Å². The van der Waals surface area contributed by atoms with Crippen molar-refractivity contribution in [2.75, 3.05) is 5.32 Å². The number of aryl methyl sites for hydroxylation is 2. The van der Waals surface area contributed by atoms with Crippen LogP contribution in [0.3, 0.4) is 0 Å². The van der Waals surface area contributed by atoms with Crippen molar-refractivity contribution in [1.82, 2.24) is 9.78 Å². The fraction of sp³-hybridized carbons (Fsp3) is 0.167. The Morgan fingerprint density at radius 2 is 2.11 bits per heavy atom. The van der Waals surface area contributed by atoms with Crippen LogP contribution in [0.5, 0.6) is 0 Å². The van der Waals surface area contributed by atoms with Gasteiger partial charge in [0.05, 0.1) is 11.4 Å². The third kappa shape index (κ3) is 2.02. The molecule has 0 saturated carbocycles. The summed E-state index contributed by atoms with van der Waals surface area (Å²) in [6.07, 6.45) is 0. The molecule has 0 unspecified atom stereocenters. The lowest BCUT2D eigenvalue weighted by Gasteiger charge is -2.08. The second-order valence-corrected chi connectivity index (χ2v) is 3.79. The van der Waals surface area contributed by atoms with Crippen LogP contribution in [0.1, 0.15) is 11.3 Å². The van der Waals surface area contributed by atoms with Crippen LogP contribution in [0.15, 0.2) is 18.2 Å². The molecular weight excluding hydrogens is 238 g/mol. The van der Waals surface area contributed by atoms with Gasteiger partial charge in [-0.1, -0.05) is 0 Å². The molecule has 1 heterocycles. The lowest BCUT2D eigenvalue weighted by Crippen LogP contribution is -2.02. The van der Waals surface area contributed by atoms with E-state index >= 15 is 0 Å². The van der Waals surface area contributed by atoms with Crippen LogP contribution in [0.25, 0.3) is 0 Å². The van der Waals surface area contributed by atoms with Gasteiger partial charge in [0.15, 0.2) is 0 Å². The van der Waals surface area contributed by atoms with Crippen molar-refractivity contribution in [2.45, 2.75) is 6.92 Å². The summed E-state index contributed by atoms with van der Waals surface area (Å²) < 4.78 is 27.9. The minimum atomic E-state index is -0.598. The molecule has 4 nitrogen and oxygen atoms in total. The van der Waals surface area contributed by atoms with Crippen molar-refractivity contribution in [2.24, 2.45) is 7.05 Å². The molecule has 92 valence electrons. The molecule has 0 atom stereocenters. The van der Waals surface area contributed by atoms with E-state index in [4.69, 9.17) is 5.26 Å². The third-order valence-corrected chi connectivity index (χ3v) is 2.52. The van der Waals surface area contributed by atoms with Crippen LogP contribution in [-0.4, -0.2) is 9.78 Å². The van der Waals surface area contributed by atoms with Crippen molar-refractivity contribution < 1.29 is 8.78 Å². The molecule has 0 aliphatic carbocycles. The van der Waals surface area contributed by atoms with Gasteiger partial charge in [-0.25, -0.2) is 8.78 Å². The molecule has 0 aliphatic rings. The standard InChI is InChI=1S/C12H10F2N4/c1-7-9(6-15)12(18(2)17-7)16-11-5-8(13)3-4-10(11)14/h3-5,16H,1-2H3. The van der Waals surface area contributed by atoms with Crippen LogP contribution >= 0.6 is 0 Å². The summed E-state index contributed by atoms with van der Waals surface area (Å²) in [6.45, 7) is 1.67. The van der Waals surface area contributed by atoms with Crippen LogP contribution in [0, 0.1) is 29.9 Å². The van der Waals surface area contributed by atoms with E-state index in [-0.39, 0.29) is 5.69 Å². The first-order chi connectivity index (χ1) is 8.52. The Kier molecular flexibility index (Phi) is 2.98. The van der Waals surface area contributed by atoms with Gasteiger partial charge in [-0.3, -0.25) is 4.68 Å². The average Bonchev–Trinajstić information content (AvgIpc) is 2.58. The number of rotatable bonds is 2. The van der Waals surface area contributed by atoms with E-state index in [1.807, 2.05) is 6.07 Å². The Morgan fingerprint density at radius 3 is 2.78 bits per heavy atom. The van der Waals surface area contributed by atoms with Gasteiger partial charge in [0, 0.05) is 13.1 Å². The summed E-state index contributed by atoms with van der Waals surface area (Å²) in [6, 6.07) is 5.05. The maximum absolute atomic E-state index is 13.5. The van der Waals surface area contributed by atoms with Crippen molar-refractivity contribution in [3.05, 3.63) is 41.1 Å². The molecule has 1 aromatic carbocycles. The number of anilines is 2. The van der Waals surface area contributed by atoms with Crippen LogP contribution in [-0.2, 0) is 7.05 Å². The molecule has 1 N–H and O–H groups in total. The molecular formula is C12H10F2N4. The van der Waals surface area contributed by atoms with Crippen molar-refractivity contribution in [3.8, 4) is 6.07 Å². The number of aromatic nitrogens is 2. The Bertz CT molecular complexity index is 640. The first-order valence-corrected chi connectivity index (χ1v) is 5.18. The SMILES string of the molecule is Cc1nn(C)c(Nc2cc(F)ccc2F)c1C#N. The van der Waals surface area contributed by atoms with Gasteiger partial charge < -0.3 is 5.32 Å². The number of nitrogens with zero attached hydrogens (tertiary/aromatic N) is 3. The summed E-state index contributed by atoms with van der Waals surface area (Å²) in [7, 11) is 1.62. The summed E-state index contributed by atoms with van der Waals surface area (Å²) >= 11 is 0. The minimum Gasteiger partial charge on any atom is -0.337 e. The molecule has 1 aromatic heterocycles. The maximum Gasteiger partial charge on any atom is 0.146 e. The van der Waals surface area contributed by atoms with E-state index in [1.165, 1.54) is 4.68 Å². The molecule has 0 saturated heterocycles. The van der Waals surface area contributed by atoms with E-state index in [0.29, 0.717) is 17.1 Å². The van der Waals surface area contributed by atoms with E-state index in [0.717, 1.165) is 18.2 Å². The number of benzene rings is 1. The van der Waals surface area contributed by atoms with Gasteiger partial charge in [0.25, 0.3) is 0 Å². The fourth-order valence-electron chi connectivity index (χ4n) is 1.66. The highest BCUT2D eigenvalue weighted by molar-refractivity contribution is 5.64. The van der Waals surface area contributed by atoms with E-state index in [9.17, 15) is 8.78 Å². The first-order valence-electron chi connectivity index (χ1n) is 5.18. The van der Waals surface area contributed by atoms with Crippen LogP contribution in [0.4, 0.5) is 20.3 Å². The van der Waals surface area contributed by atoms with Crippen LogP contribution in [0.2, 0.25) is 0 Å². The number of nitriles is 1. The number of hydrogen-bond acceptors (Lipinski definition) is 3. The predicted molar refractivity (Wildman–Crippen MR) is 62.3 cm³/mol. The number of halogens is 2. The molecule has 0 spiro atoms. The molecule has 0 aliphatic heterocycles. The number of nitrogens with one attached hydrogen (secondary N) is 1. The molecule has 6 heteroatoms. The Morgan fingerprint density at radius 1 is 1.39 bits per heavy atom. The maximum atomic E-state index is 13.5. The molecule has 0 radical (unpaired) electrons. The van der Waals surface area contributed by atoms with E-state index < -0.39 is 11.6 Å². The zero-order chi connectivity index (χ0) is 13.3. The van der Waals surface area contributed by atoms with Gasteiger partial charge >= 0.3 is 0 Å². The largest absolute Gasteiger partial charge is 0.337 e. The normalized spacial score (nSPS) is 10.2. The highest BCUT2D eigenvalue weighted by Gasteiger charge is 2.14. The van der Waals surface area contributed by atoms with Gasteiger partial charge in [-0.05, 0) is 19.1 Å². The molecule has 0 bridgehead atoms. The van der Waals surface area contributed by atoms with Crippen LogP contribution < -0.4 is 5.32 Å². The fourth-order valence-corrected chi connectivity index (χ4v) is 1.66. The Balaban J connectivity index is 2.46. The molecule has 18 heavy (non-hydrogen) atoms. The van der Waals surface area contributed by atoms with Crippen molar-refractivity contribution in [3.63, 3.8) is 0 Å². The lowest BCUT2D eigenvalue weighted by molar-refractivity contribution is 0.603. The van der Waals surface area contributed by atoms with Crippen molar-refractivity contribution >= 4 is 11.5 Å². The zero-order valence-electron chi connectivity index (χ0n) is 9.83. The quantitative estimate of drug-likeness (QED) is 0.888. The first kappa shape index (κ1) is 12.0. The molecule has 2 aromatic rings. The van der Waals surface area contributed by atoms with Crippen molar-refractivity contribution in [1.29, 1.82) is 5.26 Å². The van der Waals surface area contributed by atoms with Gasteiger partial charge in [-0.15, -0.1) is 0 Å². The predicted octanol–water partition coefficient (Wildman–Crippen LogP) is 2.62. The average molecular weight is 248 g/mol. The molecule has 0 amide bonds. The van der Waals surface area contributed by atoms with Gasteiger partial charge in [0.1, 0.15) is 29.1 Å². The van der Waals surface area contributed by atoms with Gasteiger partial charge in [0.2, 0.25) is 0 Å². The van der Waals surface area contributed by atoms with E-state index in [1.54, 1.807) is 14.0 Å². The smallest absolute Gasteiger partial charge is 0.146 e. The lowest BCUT2D eigenvalue weighted by atomic mass is 10.2.